The fraction of sp³-hybridized carbons (Fsp3) is 0.300. The number of nitrogens with zero attached hydrogens (tertiary/aromatic N) is 1. The van der Waals surface area contributed by atoms with E-state index >= 15 is 0 Å². The van der Waals surface area contributed by atoms with Crippen molar-refractivity contribution in [2.45, 2.75) is 32.2 Å². The minimum Gasteiger partial charge on any atom is -0.456 e. The van der Waals surface area contributed by atoms with E-state index in [2.05, 4.69) is 12.8 Å². The molecule has 124 valence electrons. The van der Waals surface area contributed by atoms with Crippen molar-refractivity contribution in [1.29, 1.82) is 0 Å². The molecule has 2 atom stereocenters. The quantitative estimate of drug-likeness (QED) is 0.690. The average molecular weight is 323 g/mol. The van der Waals surface area contributed by atoms with Gasteiger partial charge in [-0.2, -0.15) is 0 Å². The Hall–Kier alpha value is -2.48. The van der Waals surface area contributed by atoms with E-state index in [9.17, 15) is 5.11 Å². The molecule has 1 unspecified atom stereocenters. The third kappa shape index (κ3) is 2.96. The minimum absolute atomic E-state index is 0.161. The lowest BCUT2D eigenvalue weighted by molar-refractivity contribution is -0.0795. The summed E-state index contributed by atoms with van der Waals surface area (Å²) in [6.07, 6.45) is 6.38. The van der Waals surface area contributed by atoms with E-state index in [4.69, 9.17) is 15.9 Å². The highest BCUT2D eigenvalue weighted by molar-refractivity contribution is 5.67. The van der Waals surface area contributed by atoms with E-state index in [0.29, 0.717) is 11.3 Å². The standard InChI is InChI=1S/C20H21NO3/c1-4-15-11-13-18-17(12-10-14(2)21(18)20(22)23-3)19(15)24-16-8-6-5-7-9-16/h1,5-9,11,13-14,20,22H,10,12H2,2-3H3/t14-,20?/m0/s1. The lowest BCUT2D eigenvalue weighted by Gasteiger charge is -2.39. The summed E-state index contributed by atoms with van der Waals surface area (Å²) in [6, 6.07) is 13.5. The number of hydrogen-bond acceptors (Lipinski definition) is 4. The van der Waals surface area contributed by atoms with Crippen molar-refractivity contribution in [2.24, 2.45) is 0 Å². The highest BCUT2D eigenvalue weighted by Gasteiger charge is 2.31. The number of para-hydroxylation sites is 1. The maximum absolute atomic E-state index is 10.2. The van der Waals surface area contributed by atoms with Gasteiger partial charge in [0, 0.05) is 24.4 Å². The minimum atomic E-state index is -1.000. The van der Waals surface area contributed by atoms with Crippen LogP contribution in [-0.2, 0) is 11.2 Å². The third-order valence-corrected chi connectivity index (χ3v) is 4.37. The van der Waals surface area contributed by atoms with Gasteiger partial charge in [-0.25, -0.2) is 0 Å². The van der Waals surface area contributed by atoms with Crippen molar-refractivity contribution in [2.75, 3.05) is 12.0 Å². The number of anilines is 1. The molecule has 1 aliphatic heterocycles. The number of aliphatic hydroxyl groups is 1. The van der Waals surface area contributed by atoms with Crippen LogP contribution in [0.4, 0.5) is 5.69 Å². The summed E-state index contributed by atoms with van der Waals surface area (Å²) in [5, 5.41) is 10.2. The molecule has 0 saturated carbocycles. The van der Waals surface area contributed by atoms with Gasteiger partial charge in [-0.1, -0.05) is 24.1 Å². The van der Waals surface area contributed by atoms with E-state index in [0.717, 1.165) is 29.8 Å². The second-order valence-corrected chi connectivity index (χ2v) is 5.86. The van der Waals surface area contributed by atoms with Gasteiger partial charge < -0.3 is 19.5 Å². The number of rotatable bonds is 4. The Morgan fingerprint density at radius 2 is 2.00 bits per heavy atom. The Morgan fingerprint density at radius 3 is 2.67 bits per heavy atom. The average Bonchev–Trinajstić information content (AvgIpc) is 2.62. The van der Waals surface area contributed by atoms with Gasteiger partial charge in [0.15, 0.2) is 0 Å². The molecule has 0 fully saturated rings. The third-order valence-electron chi connectivity index (χ3n) is 4.37. The molecule has 1 N–H and O–H groups in total. The topological polar surface area (TPSA) is 41.9 Å². The van der Waals surface area contributed by atoms with E-state index in [1.54, 1.807) is 0 Å². The molecule has 1 aliphatic rings. The summed E-state index contributed by atoms with van der Waals surface area (Å²) in [5.74, 6) is 4.12. The summed E-state index contributed by atoms with van der Waals surface area (Å²) >= 11 is 0. The molecule has 0 bridgehead atoms. The highest BCUT2D eigenvalue weighted by atomic mass is 16.6. The number of terminal acetylenes is 1. The lowest BCUT2D eigenvalue weighted by atomic mass is 9.94. The SMILES string of the molecule is C#Cc1ccc2c(c1Oc1ccccc1)CC[C@H](C)N2C(O)OC. The molecule has 1 heterocycles. The molecule has 0 saturated heterocycles. The molecule has 4 heteroatoms. The monoisotopic (exact) mass is 323 g/mol. The number of hydrogen-bond donors (Lipinski definition) is 1. The Labute approximate surface area is 142 Å². The van der Waals surface area contributed by atoms with Crippen LogP contribution in [-0.4, -0.2) is 24.7 Å². The van der Waals surface area contributed by atoms with Crippen LogP contribution < -0.4 is 9.64 Å². The maximum Gasteiger partial charge on any atom is 0.237 e. The number of benzene rings is 2. The summed E-state index contributed by atoms with van der Waals surface area (Å²) in [4.78, 5) is 1.86. The molecular formula is C20H21NO3. The van der Waals surface area contributed by atoms with Gasteiger partial charge in [-0.05, 0) is 44.0 Å². The zero-order chi connectivity index (χ0) is 17.1. The smallest absolute Gasteiger partial charge is 0.237 e. The molecule has 0 spiro atoms. The number of ether oxygens (including phenoxy) is 2. The molecule has 0 amide bonds. The van der Waals surface area contributed by atoms with Gasteiger partial charge in [0.1, 0.15) is 11.5 Å². The van der Waals surface area contributed by atoms with Gasteiger partial charge >= 0.3 is 0 Å². The van der Waals surface area contributed by atoms with E-state index < -0.39 is 6.41 Å². The Balaban J connectivity index is 2.09. The van der Waals surface area contributed by atoms with Gasteiger partial charge in [0.05, 0.1) is 5.56 Å². The van der Waals surface area contributed by atoms with Crippen molar-refractivity contribution in [3.05, 3.63) is 53.6 Å². The first-order valence-corrected chi connectivity index (χ1v) is 8.00. The van der Waals surface area contributed by atoms with Crippen molar-refractivity contribution in [1.82, 2.24) is 0 Å². The van der Waals surface area contributed by atoms with Crippen LogP contribution in [0.5, 0.6) is 11.5 Å². The lowest BCUT2D eigenvalue weighted by Crippen LogP contribution is -2.46. The summed E-state index contributed by atoms with van der Waals surface area (Å²) in [5.41, 5.74) is 2.61. The first-order chi connectivity index (χ1) is 11.7. The number of aliphatic hydroxyl groups excluding tert-OH is 1. The molecule has 4 nitrogen and oxygen atoms in total. The van der Waals surface area contributed by atoms with Crippen LogP contribution in [0.15, 0.2) is 42.5 Å². The Kier molecular flexibility index (Phi) is 4.75. The predicted octanol–water partition coefficient (Wildman–Crippen LogP) is 3.52. The Bertz CT molecular complexity index is 751. The second-order valence-electron chi connectivity index (χ2n) is 5.86. The first kappa shape index (κ1) is 16.4. The highest BCUT2D eigenvalue weighted by Crippen LogP contribution is 2.41. The predicted molar refractivity (Wildman–Crippen MR) is 94.2 cm³/mol. The molecule has 2 aromatic carbocycles. The van der Waals surface area contributed by atoms with Crippen molar-refractivity contribution in [3.8, 4) is 23.8 Å². The fourth-order valence-electron chi connectivity index (χ4n) is 3.12. The van der Waals surface area contributed by atoms with Crippen LogP contribution in [0.1, 0.15) is 24.5 Å². The molecule has 3 rings (SSSR count). The van der Waals surface area contributed by atoms with Gasteiger partial charge in [0.2, 0.25) is 6.41 Å². The number of methoxy groups -OCH3 is 1. The first-order valence-electron chi connectivity index (χ1n) is 8.00. The van der Waals surface area contributed by atoms with Gasteiger partial charge in [-0.15, -0.1) is 6.42 Å². The second kappa shape index (κ2) is 6.96. The molecule has 24 heavy (non-hydrogen) atoms. The zero-order valence-electron chi connectivity index (χ0n) is 13.9. The van der Waals surface area contributed by atoms with E-state index in [1.165, 1.54) is 7.11 Å². The van der Waals surface area contributed by atoms with Crippen LogP contribution in [0, 0.1) is 12.3 Å². The molecule has 0 radical (unpaired) electrons. The van der Waals surface area contributed by atoms with Crippen LogP contribution >= 0.6 is 0 Å². The largest absolute Gasteiger partial charge is 0.456 e. The van der Waals surface area contributed by atoms with Gasteiger partial charge in [0.25, 0.3) is 0 Å². The van der Waals surface area contributed by atoms with Crippen molar-refractivity contribution < 1.29 is 14.6 Å². The van der Waals surface area contributed by atoms with Crippen LogP contribution in [0.2, 0.25) is 0 Å². The number of fused-ring (bicyclic) bond motifs is 1. The van der Waals surface area contributed by atoms with Gasteiger partial charge in [-0.3, -0.25) is 0 Å². The molecule has 0 aromatic heterocycles. The maximum atomic E-state index is 10.2. The molecule has 2 aromatic rings. The summed E-state index contributed by atoms with van der Waals surface area (Å²) in [7, 11) is 1.49. The van der Waals surface area contributed by atoms with Crippen molar-refractivity contribution >= 4 is 5.69 Å². The zero-order valence-corrected chi connectivity index (χ0v) is 13.9. The van der Waals surface area contributed by atoms with Crippen molar-refractivity contribution in [3.63, 3.8) is 0 Å². The fourth-order valence-corrected chi connectivity index (χ4v) is 3.12. The summed E-state index contributed by atoms with van der Waals surface area (Å²) in [6.45, 7) is 2.07. The van der Waals surface area contributed by atoms with E-state index in [1.807, 2.05) is 47.4 Å². The summed E-state index contributed by atoms with van der Waals surface area (Å²) < 4.78 is 11.2. The van der Waals surface area contributed by atoms with E-state index in [-0.39, 0.29) is 6.04 Å². The normalized spacial score (nSPS) is 17.8. The molecular weight excluding hydrogens is 302 g/mol. The van der Waals surface area contributed by atoms with Crippen LogP contribution in [0.25, 0.3) is 0 Å². The van der Waals surface area contributed by atoms with Crippen LogP contribution in [0.3, 0.4) is 0 Å². The molecule has 0 aliphatic carbocycles. The Morgan fingerprint density at radius 1 is 1.25 bits per heavy atom.